The molecule has 17 heavy (non-hydrogen) atoms. The van der Waals surface area contributed by atoms with Crippen LogP contribution in [0.2, 0.25) is 0 Å². The fourth-order valence-corrected chi connectivity index (χ4v) is 1.34. The molecule has 7 heteroatoms. The molecule has 1 aromatic carbocycles. The molecule has 1 rings (SSSR count). The van der Waals surface area contributed by atoms with Gasteiger partial charge in [-0.15, -0.1) is 0 Å². The van der Waals surface area contributed by atoms with Gasteiger partial charge < -0.3 is 15.2 Å². The van der Waals surface area contributed by atoms with Crippen molar-refractivity contribution in [3.63, 3.8) is 0 Å². The van der Waals surface area contributed by atoms with Crippen molar-refractivity contribution in [1.82, 2.24) is 0 Å². The topological polar surface area (TPSA) is 84.6 Å². The van der Waals surface area contributed by atoms with Crippen LogP contribution < -0.4 is 5.32 Å². The van der Waals surface area contributed by atoms with Crippen molar-refractivity contribution in [1.29, 1.82) is 0 Å². The number of hydrogen-bond acceptors (Lipinski definition) is 5. The lowest BCUT2D eigenvalue weighted by Crippen LogP contribution is -2.28. The summed E-state index contributed by atoms with van der Waals surface area (Å²) in [4.78, 5) is 9.84. The first kappa shape index (κ1) is 13.3. The van der Waals surface area contributed by atoms with Crippen molar-refractivity contribution in [3.8, 4) is 0 Å². The first-order valence-corrected chi connectivity index (χ1v) is 4.88. The Morgan fingerprint density at radius 1 is 1.59 bits per heavy atom. The van der Waals surface area contributed by atoms with Gasteiger partial charge in [0.1, 0.15) is 5.82 Å². The van der Waals surface area contributed by atoms with E-state index in [0.29, 0.717) is 0 Å². The molecule has 0 amide bonds. The maximum absolute atomic E-state index is 13.1. The van der Waals surface area contributed by atoms with Crippen LogP contribution in [0.1, 0.15) is 0 Å². The lowest BCUT2D eigenvalue weighted by Gasteiger charge is -2.16. The summed E-state index contributed by atoms with van der Waals surface area (Å²) in [5, 5.41) is 22.3. The highest BCUT2D eigenvalue weighted by Crippen LogP contribution is 2.20. The monoisotopic (exact) mass is 244 g/mol. The van der Waals surface area contributed by atoms with Crippen LogP contribution in [0.3, 0.4) is 0 Å². The Bertz CT molecular complexity index is 400. The van der Waals surface area contributed by atoms with Crippen LogP contribution in [-0.4, -0.2) is 36.4 Å². The fraction of sp³-hybridized carbons (Fsp3) is 0.400. The third-order valence-electron chi connectivity index (χ3n) is 2.05. The third kappa shape index (κ3) is 3.97. The largest absolute Gasteiger partial charge is 0.394 e. The van der Waals surface area contributed by atoms with Gasteiger partial charge in [-0.25, -0.2) is 4.39 Å². The number of aliphatic hydroxyl groups is 1. The van der Waals surface area contributed by atoms with Gasteiger partial charge in [0.2, 0.25) is 0 Å². The van der Waals surface area contributed by atoms with Gasteiger partial charge >= 0.3 is 0 Å². The Morgan fingerprint density at radius 2 is 2.29 bits per heavy atom. The molecular weight excluding hydrogens is 231 g/mol. The van der Waals surface area contributed by atoms with Crippen LogP contribution in [0.5, 0.6) is 0 Å². The second-order valence-corrected chi connectivity index (χ2v) is 3.43. The number of benzene rings is 1. The molecule has 0 fully saturated rings. The predicted octanol–water partition coefficient (Wildman–Crippen LogP) is 1.15. The Kier molecular flexibility index (Phi) is 4.80. The quantitative estimate of drug-likeness (QED) is 0.579. The number of nitrogens with one attached hydrogen (secondary N) is 1. The number of nitro groups is 1. The average molecular weight is 244 g/mol. The highest BCUT2D eigenvalue weighted by Gasteiger charge is 2.12. The second-order valence-electron chi connectivity index (χ2n) is 3.43. The summed E-state index contributed by atoms with van der Waals surface area (Å²) in [5.74, 6) is -0.712. The van der Waals surface area contributed by atoms with Crippen LogP contribution in [0.15, 0.2) is 18.2 Å². The van der Waals surface area contributed by atoms with Crippen molar-refractivity contribution < 1.29 is 19.2 Å². The normalized spacial score (nSPS) is 12.2. The molecule has 0 aliphatic rings. The fourth-order valence-electron chi connectivity index (χ4n) is 1.34. The van der Waals surface area contributed by atoms with Gasteiger partial charge in [0.15, 0.2) is 0 Å². The number of non-ortho nitro benzene ring substituents is 1. The van der Waals surface area contributed by atoms with Crippen molar-refractivity contribution in [2.24, 2.45) is 0 Å². The van der Waals surface area contributed by atoms with Gasteiger partial charge in [0.05, 0.1) is 30.2 Å². The lowest BCUT2D eigenvalue weighted by atomic mass is 10.2. The summed E-state index contributed by atoms with van der Waals surface area (Å²) in [7, 11) is 1.46. The summed E-state index contributed by atoms with van der Waals surface area (Å²) in [6, 6.07) is 2.70. The number of nitro benzene ring substituents is 1. The molecule has 1 aromatic rings. The number of halogens is 1. The molecule has 0 aliphatic heterocycles. The highest BCUT2D eigenvalue weighted by molar-refractivity contribution is 5.52. The average Bonchev–Trinajstić information content (AvgIpc) is 2.27. The summed E-state index contributed by atoms with van der Waals surface area (Å²) in [5.41, 5.74) is -0.116. The molecule has 1 unspecified atom stereocenters. The molecule has 0 aromatic heterocycles. The Labute approximate surface area is 97.2 Å². The van der Waals surface area contributed by atoms with Gasteiger partial charge in [0, 0.05) is 18.9 Å². The van der Waals surface area contributed by atoms with E-state index in [2.05, 4.69) is 5.32 Å². The molecule has 94 valence electrons. The third-order valence-corrected chi connectivity index (χ3v) is 2.05. The zero-order chi connectivity index (χ0) is 12.8. The summed E-state index contributed by atoms with van der Waals surface area (Å²) >= 11 is 0. The number of ether oxygens (including phenoxy) is 1. The zero-order valence-electron chi connectivity index (χ0n) is 9.22. The lowest BCUT2D eigenvalue weighted by molar-refractivity contribution is -0.385. The molecule has 0 heterocycles. The minimum Gasteiger partial charge on any atom is -0.394 e. The highest BCUT2D eigenvalue weighted by atomic mass is 19.1. The minimum absolute atomic E-state index is 0.209. The van der Waals surface area contributed by atoms with Crippen molar-refractivity contribution in [3.05, 3.63) is 34.1 Å². The van der Waals surface area contributed by atoms with Gasteiger partial charge in [-0.1, -0.05) is 0 Å². The van der Waals surface area contributed by atoms with E-state index in [1.165, 1.54) is 13.2 Å². The van der Waals surface area contributed by atoms with Gasteiger partial charge in [-0.05, 0) is 6.07 Å². The minimum atomic E-state index is -0.712. The number of methoxy groups -OCH3 is 1. The summed E-state index contributed by atoms with van der Waals surface area (Å²) in [6.07, 6.45) is 0. The van der Waals surface area contributed by atoms with Crippen molar-refractivity contribution in [2.45, 2.75) is 6.04 Å². The van der Waals surface area contributed by atoms with Gasteiger partial charge in [-0.2, -0.15) is 0 Å². The van der Waals surface area contributed by atoms with Crippen LogP contribution in [0.25, 0.3) is 0 Å². The van der Waals surface area contributed by atoms with E-state index < -0.39 is 16.8 Å². The maximum Gasteiger partial charge on any atom is 0.274 e. The summed E-state index contributed by atoms with van der Waals surface area (Å²) in [6.45, 7) is -0.0149. The number of aliphatic hydroxyl groups excluding tert-OH is 1. The van der Waals surface area contributed by atoms with E-state index in [9.17, 15) is 14.5 Å². The maximum atomic E-state index is 13.1. The molecule has 0 saturated heterocycles. The van der Waals surface area contributed by atoms with Gasteiger partial charge in [-0.3, -0.25) is 10.1 Å². The molecule has 0 aliphatic carbocycles. The van der Waals surface area contributed by atoms with Gasteiger partial charge in [0.25, 0.3) is 5.69 Å². The van der Waals surface area contributed by atoms with Crippen molar-refractivity contribution in [2.75, 3.05) is 25.6 Å². The van der Waals surface area contributed by atoms with Crippen LogP contribution >= 0.6 is 0 Å². The molecule has 0 radical (unpaired) electrons. The predicted molar refractivity (Wildman–Crippen MR) is 59.4 cm³/mol. The smallest absolute Gasteiger partial charge is 0.274 e. The Morgan fingerprint density at radius 3 is 2.82 bits per heavy atom. The molecule has 6 nitrogen and oxygen atoms in total. The molecule has 0 spiro atoms. The van der Waals surface area contributed by atoms with Crippen molar-refractivity contribution >= 4 is 11.4 Å². The number of hydrogen-bond donors (Lipinski definition) is 2. The first-order chi connectivity index (χ1) is 8.06. The van der Waals surface area contributed by atoms with E-state index in [4.69, 9.17) is 9.84 Å². The number of nitrogens with zero attached hydrogens (tertiary/aromatic N) is 1. The first-order valence-electron chi connectivity index (χ1n) is 4.88. The van der Waals surface area contributed by atoms with Crippen LogP contribution in [-0.2, 0) is 4.74 Å². The van der Waals surface area contributed by atoms with E-state index in [-0.39, 0.29) is 24.6 Å². The standard InChI is InChI=1S/C10H13FN2O4/c1-17-6-9(5-14)12-8-2-7(11)3-10(4-8)13(15)16/h2-4,9,12,14H,5-6H2,1H3. The molecule has 2 N–H and O–H groups in total. The molecule has 0 bridgehead atoms. The Balaban J connectivity index is 2.86. The van der Waals surface area contributed by atoms with Crippen LogP contribution in [0.4, 0.5) is 15.8 Å². The molecular formula is C10H13FN2O4. The van der Waals surface area contributed by atoms with E-state index in [1.54, 1.807) is 0 Å². The Hall–Kier alpha value is -1.73. The number of anilines is 1. The van der Waals surface area contributed by atoms with Crippen LogP contribution in [0, 0.1) is 15.9 Å². The second kappa shape index (κ2) is 6.12. The molecule has 1 atom stereocenters. The van der Waals surface area contributed by atoms with E-state index in [1.807, 2.05) is 0 Å². The molecule has 0 saturated carbocycles. The summed E-state index contributed by atoms with van der Waals surface area (Å²) < 4.78 is 17.9. The SMILES string of the molecule is COCC(CO)Nc1cc(F)cc([N+](=O)[O-])c1. The van der Waals surface area contributed by atoms with E-state index >= 15 is 0 Å². The van der Waals surface area contributed by atoms with E-state index in [0.717, 1.165) is 12.1 Å². The number of rotatable bonds is 6. The zero-order valence-corrected chi connectivity index (χ0v) is 9.22.